The number of amides is 1. The zero-order chi connectivity index (χ0) is 10.4. The highest BCUT2D eigenvalue weighted by Gasteiger charge is 2.28. The Labute approximate surface area is 83.5 Å². The van der Waals surface area contributed by atoms with E-state index in [1.165, 1.54) is 0 Å². The summed E-state index contributed by atoms with van der Waals surface area (Å²) in [5.41, 5.74) is 0. The van der Waals surface area contributed by atoms with Crippen LogP contribution in [0.2, 0.25) is 0 Å². The van der Waals surface area contributed by atoms with Gasteiger partial charge in [0.25, 0.3) is 0 Å². The van der Waals surface area contributed by atoms with E-state index in [1.54, 1.807) is 0 Å². The number of carbonyl (C=O) groups is 1. The van der Waals surface area contributed by atoms with Gasteiger partial charge in [0.2, 0.25) is 5.91 Å². The van der Waals surface area contributed by atoms with Crippen molar-refractivity contribution in [1.29, 1.82) is 0 Å². The Bertz CT molecular complexity index is 183. The first-order chi connectivity index (χ1) is 6.74. The van der Waals surface area contributed by atoms with Crippen molar-refractivity contribution in [3.8, 4) is 0 Å². The van der Waals surface area contributed by atoms with Gasteiger partial charge in [-0.1, -0.05) is 0 Å². The van der Waals surface area contributed by atoms with Gasteiger partial charge in [0.05, 0.1) is 12.7 Å². The topological polar surface area (TPSA) is 81.6 Å². The highest BCUT2D eigenvalue weighted by atomic mass is 16.3. The van der Waals surface area contributed by atoms with Crippen LogP contribution in [0.25, 0.3) is 0 Å². The van der Waals surface area contributed by atoms with Crippen LogP contribution in [0.15, 0.2) is 0 Å². The number of carbonyl (C=O) groups excluding carboxylic acids is 1. The fourth-order valence-corrected chi connectivity index (χ4v) is 1.10. The van der Waals surface area contributed by atoms with Crippen LogP contribution in [-0.2, 0) is 4.79 Å². The van der Waals surface area contributed by atoms with Crippen molar-refractivity contribution in [1.82, 2.24) is 10.6 Å². The fourth-order valence-electron chi connectivity index (χ4n) is 1.10. The minimum absolute atomic E-state index is 0.134. The summed E-state index contributed by atoms with van der Waals surface area (Å²) in [6.45, 7) is 1.32. The molecule has 5 heteroatoms. The third kappa shape index (κ3) is 4.55. The SMILES string of the molecule is O=C(NCCNCC(O)CO)C1CC1. The van der Waals surface area contributed by atoms with Gasteiger partial charge in [-0.3, -0.25) is 4.79 Å². The van der Waals surface area contributed by atoms with Gasteiger partial charge in [0, 0.05) is 25.6 Å². The van der Waals surface area contributed by atoms with Gasteiger partial charge in [-0.05, 0) is 12.8 Å². The lowest BCUT2D eigenvalue weighted by molar-refractivity contribution is -0.122. The summed E-state index contributed by atoms with van der Waals surface area (Å²) >= 11 is 0. The van der Waals surface area contributed by atoms with Gasteiger partial charge in [0.15, 0.2) is 0 Å². The third-order valence-electron chi connectivity index (χ3n) is 2.14. The van der Waals surface area contributed by atoms with E-state index in [4.69, 9.17) is 10.2 Å². The fraction of sp³-hybridized carbons (Fsp3) is 0.889. The third-order valence-corrected chi connectivity index (χ3v) is 2.14. The first-order valence-corrected chi connectivity index (χ1v) is 5.01. The summed E-state index contributed by atoms with van der Waals surface area (Å²) in [5, 5.41) is 23.2. The molecule has 1 aliphatic rings. The molecule has 82 valence electrons. The van der Waals surface area contributed by atoms with E-state index in [2.05, 4.69) is 10.6 Å². The van der Waals surface area contributed by atoms with Crippen molar-refractivity contribution in [3.05, 3.63) is 0 Å². The molecule has 1 fully saturated rings. The predicted octanol–water partition coefficient (Wildman–Crippen LogP) is -1.54. The van der Waals surface area contributed by atoms with Gasteiger partial charge in [-0.2, -0.15) is 0 Å². The maximum absolute atomic E-state index is 11.1. The molecule has 0 saturated heterocycles. The molecule has 0 aromatic heterocycles. The molecule has 0 spiro atoms. The second-order valence-corrected chi connectivity index (χ2v) is 3.61. The van der Waals surface area contributed by atoms with E-state index < -0.39 is 6.10 Å². The van der Waals surface area contributed by atoms with Crippen LogP contribution in [0.3, 0.4) is 0 Å². The van der Waals surface area contributed by atoms with Crippen LogP contribution in [0.4, 0.5) is 0 Å². The number of hydrogen-bond acceptors (Lipinski definition) is 4. The number of aliphatic hydroxyl groups is 2. The van der Waals surface area contributed by atoms with Crippen molar-refractivity contribution in [2.45, 2.75) is 18.9 Å². The van der Waals surface area contributed by atoms with Gasteiger partial charge < -0.3 is 20.8 Å². The Morgan fingerprint density at radius 1 is 1.43 bits per heavy atom. The molecule has 14 heavy (non-hydrogen) atoms. The van der Waals surface area contributed by atoms with Crippen molar-refractivity contribution in [2.75, 3.05) is 26.2 Å². The summed E-state index contributed by atoms with van der Waals surface area (Å²) in [7, 11) is 0. The first-order valence-electron chi connectivity index (χ1n) is 5.01. The zero-order valence-electron chi connectivity index (χ0n) is 8.20. The Hall–Kier alpha value is -0.650. The van der Waals surface area contributed by atoms with Crippen molar-refractivity contribution in [2.24, 2.45) is 5.92 Å². The number of aliphatic hydroxyl groups excluding tert-OH is 2. The number of rotatable bonds is 7. The number of nitrogens with one attached hydrogen (secondary N) is 2. The first kappa shape index (κ1) is 11.4. The molecule has 0 aromatic carbocycles. The molecular weight excluding hydrogens is 184 g/mol. The van der Waals surface area contributed by atoms with Crippen molar-refractivity contribution < 1.29 is 15.0 Å². The van der Waals surface area contributed by atoms with E-state index in [0.717, 1.165) is 12.8 Å². The monoisotopic (exact) mass is 202 g/mol. The maximum atomic E-state index is 11.1. The molecule has 0 aliphatic heterocycles. The highest BCUT2D eigenvalue weighted by molar-refractivity contribution is 5.80. The molecule has 1 saturated carbocycles. The largest absolute Gasteiger partial charge is 0.394 e. The predicted molar refractivity (Wildman–Crippen MR) is 51.7 cm³/mol. The second-order valence-electron chi connectivity index (χ2n) is 3.61. The standard InChI is InChI=1S/C9H18N2O3/c12-6-8(13)5-10-3-4-11-9(14)7-1-2-7/h7-8,10,12-13H,1-6H2,(H,11,14). The van der Waals surface area contributed by atoms with Crippen LogP contribution in [-0.4, -0.2) is 48.5 Å². The molecule has 1 amide bonds. The Kier molecular flexibility index (Phi) is 4.86. The average Bonchev–Trinajstić information content (AvgIpc) is 2.99. The zero-order valence-corrected chi connectivity index (χ0v) is 8.20. The summed E-state index contributed by atoms with van der Waals surface area (Å²) < 4.78 is 0. The summed E-state index contributed by atoms with van der Waals surface area (Å²) in [5.74, 6) is 0.382. The van der Waals surface area contributed by atoms with E-state index in [1.807, 2.05) is 0 Å². The lowest BCUT2D eigenvalue weighted by atomic mass is 10.3. The maximum Gasteiger partial charge on any atom is 0.223 e. The van der Waals surface area contributed by atoms with E-state index >= 15 is 0 Å². The van der Waals surface area contributed by atoms with Crippen LogP contribution in [0.1, 0.15) is 12.8 Å². The second kappa shape index (κ2) is 5.95. The molecule has 0 bridgehead atoms. The van der Waals surface area contributed by atoms with Crippen LogP contribution in [0, 0.1) is 5.92 Å². The van der Waals surface area contributed by atoms with Gasteiger partial charge in [-0.25, -0.2) is 0 Å². The normalized spacial score (nSPS) is 17.9. The molecule has 4 N–H and O–H groups in total. The highest BCUT2D eigenvalue weighted by Crippen LogP contribution is 2.28. The lowest BCUT2D eigenvalue weighted by Crippen LogP contribution is -2.36. The Morgan fingerprint density at radius 2 is 2.14 bits per heavy atom. The van der Waals surface area contributed by atoms with Crippen LogP contribution in [0.5, 0.6) is 0 Å². The molecule has 1 atom stereocenters. The lowest BCUT2D eigenvalue weighted by Gasteiger charge is -2.09. The average molecular weight is 202 g/mol. The van der Waals surface area contributed by atoms with Gasteiger partial charge in [0.1, 0.15) is 0 Å². The Morgan fingerprint density at radius 3 is 2.71 bits per heavy atom. The summed E-state index contributed by atoms with van der Waals surface area (Å²) in [6, 6.07) is 0. The molecular formula is C9H18N2O3. The molecule has 0 radical (unpaired) electrons. The molecule has 5 nitrogen and oxygen atoms in total. The van der Waals surface area contributed by atoms with Crippen molar-refractivity contribution in [3.63, 3.8) is 0 Å². The van der Waals surface area contributed by atoms with Crippen molar-refractivity contribution >= 4 is 5.91 Å². The van der Waals surface area contributed by atoms with E-state index in [-0.39, 0.29) is 18.4 Å². The molecule has 1 aliphatic carbocycles. The van der Waals surface area contributed by atoms with E-state index in [0.29, 0.717) is 19.6 Å². The van der Waals surface area contributed by atoms with E-state index in [9.17, 15) is 4.79 Å². The molecule has 1 rings (SSSR count). The molecule has 1 unspecified atom stereocenters. The quantitative estimate of drug-likeness (QED) is 0.377. The minimum Gasteiger partial charge on any atom is -0.394 e. The Balaban J connectivity index is 1.86. The summed E-state index contributed by atoms with van der Waals surface area (Å²) in [4.78, 5) is 11.1. The molecule has 0 heterocycles. The smallest absolute Gasteiger partial charge is 0.223 e. The minimum atomic E-state index is -0.714. The number of hydrogen-bond donors (Lipinski definition) is 4. The van der Waals surface area contributed by atoms with Crippen LogP contribution >= 0.6 is 0 Å². The van der Waals surface area contributed by atoms with Gasteiger partial charge >= 0.3 is 0 Å². The van der Waals surface area contributed by atoms with Crippen LogP contribution < -0.4 is 10.6 Å². The van der Waals surface area contributed by atoms with Gasteiger partial charge in [-0.15, -0.1) is 0 Å². The summed E-state index contributed by atoms with van der Waals surface area (Å²) in [6.07, 6.45) is 1.32. The molecule has 0 aromatic rings.